The zero-order chi connectivity index (χ0) is 14.8. The van der Waals surface area contributed by atoms with E-state index in [-0.39, 0.29) is 17.8 Å². The van der Waals surface area contributed by atoms with E-state index in [0.29, 0.717) is 18.9 Å². The number of nitrogens with one attached hydrogen (secondary N) is 1. The van der Waals surface area contributed by atoms with Gasteiger partial charge in [-0.3, -0.25) is 9.20 Å². The number of morpholine rings is 1. The van der Waals surface area contributed by atoms with Crippen molar-refractivity contribution in [2.45, 2.75) is 13.0 Å². The standard InChI is InChI=1S/C13H18N6O2/c1-9-3-4-19-11(16-17-13(19)15-9)12(20)14-7-10-8-18(2)5-6-21-10/h3-4,10H,5-8H2,1-2H3,(H,14,20). The zero-order valence-corrected chi connectivity index (χ0v) is 12.1. The van der Waals surface area contributed by atoms with Crippen LogP contribution in [-0.4, -0.2) is 69.8 Å². The smallest absolute Gasteiger partial charge is 0.289 e. The summed E-state index contributed by atoms with van der Waals surface area (Å²) in [4.78, 5) is 18.6. The van der Waals surface area contributed by atoms with Crippen molar-refractivity contribution < 1.29 is 9.53 Å². The molecule has 1 atom stereocenters. The van der Waals surface area contributed by atoms with Crippen molar-refractivity contribution in [3.8, 4) is 0 Å². The number of hydrogen-bond acceptors (Lipinski definition) is 6. The van der Waals surface area contributed by atoms with E-state index in [1.165, 1.54) is 0 Å². The molecule has 1 unspecified atom stereocenters. The Labute approximate surface area is 122 Å². The van der Waals surface area contributed by atoms with Crippen LogP contribution < -0.4 is 5.32 Å². The maximum absolute atomic E-state index is 12.2. The van der Waals surface area contributed by atoms with Gasteiger partial charge in [0.25, 0.3) is 11.7 Å². The van der Waals surface area contributed by atoms with E-state index in [0.717, 1.165) is 18.8 Å². The molecule has 1 amide bonds. The number of nitrogens with zero attached hydrogens (tertiary/aromatic N) is 5. The number of likely N-dealkylation sites (N-methyl/N-ethyl adjacent to an activating group) is 1. The number of carbonyl (C=O) groups is 1. The quantitative estimate of drug-likeness (QED) is 0.820. The zero-order valence-electron chi connectivity index (χ0n) is 12.1. The normalized spacial score (nSPS) is 19.8. The van der Waals surface area contributed by atoms with Gasteiger partial charge in [0.05, 0.1) is 12.7 Å². The second-order valence-electron chi connectivity index (χ2n) is 5.23. The van der Waals surface area contributed by atoms with Gasteiger partial charge in [0.15, 0.2) is 0 Å². The van der Waals surface area contributed by atoms with Crippen molar-refractivity contribution in [2.75, 3.05) is 33.3 Å². The molecule has 1 fully saturated rings. The Morgan fingerprint density at radius 2 is 2.38 bits per heavy atom. The van der Waals surface area contributed by atoms with E-state index in [1.54, 1.807) is 10.6 Å². The molecule has 0 aromatic carbocycles. The topological polar surface area (TPSA) is 84.7 Å². The third kappa shape index (κ3) is 3.01. The fourth-order valence-electron chi connectivity index (χ4n) is 2.30. The molecule has 1 saturated heterocycles. The van der Waals surface area contributed by atoms with E-state index in [4.69, 9.17) is 4.74 Å². The first-order chi connectivity index (χ1) is 10.1. The van der Waals surface area contributed by atoms with Crippen molar-refractivity contribution >= 4 is 11.7 Å². The molecule has 2 aromatic rings. The van der Waals surface area contributed by atoms with Gasteiger partial charge in [0.1, 0.15) is 0 Å². The molecule has 3 heterocycles. The first-order valence-electron chi connectivity index (χ1n) is 6.90. The lowest BCUT2D eigenvalue weighted by atomic mass is 10.3. The Morgan fingerprint density at radius 1 is 1.52 bits per heavy atom. The van der Waals surface area contributed by atoms with Gasteiger partial charge in [-0.2, -0.15) is 0 Å². The summed E-state index contributed by atoms with van der Waals surface area (Å²) in [5.41, 5.74) is 0.834. The van der Waals surface area contributed by atoms with E-state index in [2.05, 4.69) is 25.4 Å². The molecule has 8 nitrogen and oxygen atoms in total. The molecule has 0 aliphatic carbocycles. The number of hydrogen-bond donors (Lipinski definition) is 1. The summed E-state index contributed by atoms with van der Waals surface area (Å²) < 4.78 is 7.19. The number of aryl methyl sites for hydroxylation is 1. The number of carbonyl (C=O) groups excluding carboxylic acids is 1. The third-order valence-electron chi connectivity index (χ3n) is 3.45. The molecular weight excluding hydrogens is 272 g/mol. The molecule has 21 heavy (non-hydrogen) atoms. The lowest BCUT2D eigenvalue weighted by molar-refractivity contribution is -0.0175. The minimum absolute atomic E-state index is 0.00672. The molecule has 0 saturated carbocycles. The molecule has 1 N–H and O–H groups in total. The Hall–Kier alpha value is -2.06. The summed E-state index contributed by atoms with van der Waals surface area (Å²) in [5, 5.41) is 10.7. The van der Waals surface area contributed by atoms with Crippen molar-refractivity contribution in [2.24, 2.45) is 0 Å². The fourth-order valence-corrected chi connectivity index (χ4v) is 2.30. The lowest BCUT2D eigenvalue weighted by Crippen LogP contribution is -2.46. The molecule has 3 rings (SSSR count). The molecule has 0 radical (unpaired) electrons. The second kappa shape index (κ2) is 5.74. The predicted molar refractivity (Wildman–Crippen MR) is 75.1 cm³/mol. The van der Waals surface area contributed by atoms with E-state index in [1.807, 2.05) is 20.0 Å². The summed E-state index contributed by atoms with van der Waals surface area (Å²) >= 11 is 0. The fraction of sp³-hybridized carbons (Fsp3) is 0.538. The number of rotatable bonds is 3. The Kier molecular flexibility index (Phi) is 3.80. The summed E-state index contributed by atoms with van der Waals surface area (Å²) in [6.07, 6.45) is 1.75. The van der Waals surface area contributed by atoms with Crippen LogP contribution in [0.25, 0.3) is 5.78 Å². The van der Waals surface area contributed by atoms with Gasteiger partial charge in [-0.15, -0.1) is 10.2 Å². The van der Waals surface area contributed by atoms with Crippen LogP contribution in [0, 0.1) is 6.92 Å². The average molecular weight is 290 g/mol. The van der Waals surface area contributed by atoms with Gasteiger partial charge < -0.3 is 15.0 Å². The molecule has 0 bridgehead atoms. The Morgan fingerprint density at radius 3 is 3.19 bits per heavy atom. The van der Waals surface area contributed by atoms with Gasteiger partial charge in [0, 0.05) is 31.5 Å². The summed E-state index contributed by atoms with van der Waals surface area (Å²) in [5.74, 6) is 0.389. The largest absolute Gasteiger partial charge is 0.374 e. The van der Waals surface area contributed by atoms with Crippen LogP contribution in [0.3, 0.4) is 0 Å². The van der Waals surface area contributed by atoms with Gasteiger partial charge >= 0.3 is 0 Å². The summed E-state index contributed by atoms with van der Waals surface area (Å²) in [7, 11) is 2.04. The van der Waals surface area contributed by atoms with E-state index < -0.39 is 0 Å². The Balaban J connectivity index is 1.67. The number of aromatic nitrogens is 4. The van der Waals surface area contributed by atoms with Crippen molar-refractivity contribution in [3.05, 3.63) is 23.8 Å². The Bertz CT molecular complexity index is 655. The molecule has 1 aliphatic rings. The van der Waals surface area contributed by atoms with E-state index in [9.17, 15) is 4.79 Å². The highest BCUT2D eigenvalue weighted by Gasteiger charge is 2.20. The predicted octanol–water partition coefficient (Wildman–Crippen LogP) is -0.507. The van der Waals surface area contributed by atoms with Crippen LogP contribution in [0.15, 0.2) is 12.3 Å². The van der Waals surface area contributed by atoms with Gasteiger partial charge in [-0.1, -0.05) is 0 Å². The van der Waals surface area contributed by atoms with Crippen LogP contribution in [0.5, 0.6) is 0 Å². The van der Waals surface area contributed by atoms with Crippen LogP contribution in [0.1, 0.15) is 16.3 Å². The van der Waals surface area contributed by atoms with Crippen molar-refractivity contribution in [1.29, 1.82) is 0 Å². The first kappa shape index (κ1) is 13.9. The van der Waals surface area contributed by atoms with Crippen LogP contribution in [-0.2, 0) is 4.74 Å². The van der Waals surface area contributed by atoms with Crippen LogP contribution >= 0.6 is 0 Å². The highest BCUT2D eigenvalue weighted by molar-refractivity contribution is 5.91. The van der Waals surface area contributed by atoms with Gasteiger partial charge in [-0.25, -0.2) is 4.98 Å². The van der Waals surface area contributed by atoms with Crippen molar-refractivity contribution in [1.82, 2.24) is 29.8 Å². The highest BCUT2D eigenvalue weighted by Crippen LogP contribution is 2.04. The third-order valence-corrected chi connectivity index (χ3v) is 3.45. The van der Waals surface area contributed by atoms with Gasteiger partial charge in [-0.05, 0) is 20.0 Å². The second-order valence-corrected chi connectivity index (χ2v) is 5.23. The maximum Gasteiger partial charge on any atom is 0.289 e. The molecule has 112 valence electrons. The minimum Gasteiger partial charge on any atom is -0.374 e. The molecule has 1 aliphatic heterocycles. The molecule has 2 aromatic heterocycles. The first-order valence-corrected chi connectivity index (χ1v) is 6.90. The van der Waals surface area contributed by atoms with E-state index >= 15 is 0 Å². The summed E-state index contributed by atoms with van der Waals surface area (Å²) in [6, 6.07) is 1.81. The number of fused-ring (bicyclic) bond motifs is 1. The highest BCUT2D eigenvalue weighted by atomic mass is 16.5. The maximum atomic E-state index is 12.2. The van der Waals surface area contributed by atoms with Gasteiger partial charge in [0.2, 0.25) is 5.82 Å². The minimum atomic E-state index is -0.273. The summed E-state index contributed by atoms with van der Waals surface area (Å²) in [6.45, 7) is 4.74. The SMILES string of the molecule is Cc1ccn2c(C(=O)NCC3CN(C)CCO3)nnc2n1. The van der Waals surface area contributed by atoms with Crippen LogP contribution in [0.2, 0.25) is 0 Å². The monoisotopic (exact) mass is 290 g/mol. The molecular formula is C13H18N6O2. The average Bonchev–Trinajstić information content (AvgIpc) is 2.88. The van der Waals surface area contributed by atoms with Crippen LogP contribution in [0.4, 0.5) is 0 Å². The number of amides is 1. The molecule has 0 spiro atoms. The number of ether oxygens (including phenoxy) is 1. The lowest BCUT2D eigenvalue weighted by Gasteiger charge is -2.29. The molecule has 8 heteroatoms. The van der Waals surface area contributed by atoms with Crippen molar-refractivity contribution in [3.63, 3.8) is 0 Å².